The van der Waals surface area contributed by atoms with Crippen LogP contribution < -0.4 is 10.1 Å². The molecule has 0 fully saturated rings. The van der Waals surface area contributed by atoms with Crippen molar-refractivity contribution < 1.29 is 14.6 Å². The van der Waals surface area contributed by atoms with Crippen molar-refractivity contribution in [2.75, 3.05) is 6.61 Å². The first kappa shape index (κ1) is 15.3. The quantitative estimate of drug-likeness (QED) is 0.869. The minimum Gasteiger partial charge on any atom is -0.507 e. The van der Waals surface area contributed by atoms with E-state index in [1.807, 2.05) is 13.0 Å². The first-order valence-electron chi connectivity index (χ1n) is 6.45. The molecule has 0 spiro atoms. The van der Waals surface area contributed by atoms with Crippen LogP contribution in [-0.4, -0.2) is 22.6 Å². The van der Waals surface area contributed by atoms with Gasteiger partial charge in [-0.25, -0.2) is 4.98 Å². The van der Waals surface area contributed by atoms with Gasteiger partial charge >= 0.3 is 0 Å². The first-order valence-corrected chi connectivity index (χ1v) is 7.24. The number of nitrogens with one attached hydrogen (secondary N) is 1. The maximum atomic E-state index is 12.1. The van der Waals surface area contributed by atoms with Crippen LogP contribution in [0.1, 0.15) is 22.8 Å². The van der Waals surface area contributed by atoms with Crippen molar-refractivity contribution in [1.29, 1.82) is 0 Å². The summed E-state index contributed by atoms with van der Waals surface area (Å²) in [6, 6.07) is 8.31. The van der Waals surface area contributed by atoms with E-state index in [4.69, 9.17) is 4.74 Å². The van der Waals surface area contributed by atoms with Crippen molar-refractivity contribution in [2.24, 2.45) is 0 Å². The van der Waals surface area contributed by atoms with E-state index in [2.05, 4.69) is 26.2 Å². The summed E-state index contributed by atoms with van der Waals surface area (Å²) in [5, 5.41) is 12.5. The Morgan fingerprint density at radius 2 is 2.24 bits per heavy atom. The molecule has 1 aromatic carbocycles. The maximum Gasteiger partial charge on any atom is 0.255 e. The van der Waals surface area contributed by atoms with Crippen molar-refractivity contribution in [3.05, 3.63) is 52.1 Å². The second-order valence-electron chi connectivity index (χ2n) is 4.24. The third kappa shape index (κ3) is 3.95. The van der Waals surface area contributed by atoms with Gasteiger partial charge in [0, 0.05) is 22.8 Å². The number of rotatable bonds is 5. The molecule has 2 N–H and O–H groups in total. The van der Waals surface area contributed by atoms with Gasteiger partial charge in [-0.2, -0.15) is 0 Å². The Morgan fingerprint density at radius 3 is 3.00 bits per heavy atom. The molecule has 0 unspecified atom stereocenters. The second kappa shape index (κ2) is 7.08. The number of phenols is 1. The van der Waals surface area contributed by atoms with Crippen LogP contribution in [0.3, 0.4) is 0 Å². The summed E-state index contributed by atoms with van der Waals surface area (Å²) in [7, 11) is 0. The number of benzene rings is 1. The summed E-state index contributed by atoms with van der Waals surface area (Å²) < 4.78 is 6.12. The first-order chi connectivity index (χ1) is 10.1. The van der Waals surface area contributed by atoms with E-state index in [-0.39, 0.29) is 23.8 Å². The van der Waals surface area contributed by atoms with Crippen LogP contribution in [0.5, 0.6) is 11.6 Å². The van der Waals surface area contributed by atoms with Gasteiger partial charge in [-0.05, 0) is 31.2 Å². The molecular weight excluding hydrogens is 336 g/mol. The lowest BCUT2D eigenvalue weighted by Gasteiger charge is -2.10. The molecule has 2 aromatic rings. The van der Waals surface area contributed by atoms with Gasteiger partial charge in [-0.3, -0.25) is 4.79 Å². The van der Waals surface area contributed by atoms with E-state index in [0.717, 1.165) is 10.0 Å². The minimum absolute atomic E-state index is 0.0630. The lowest BCUT2D eigenvalue weighted by Crippen LogP contribution is -2.23. The number of halogens is 1. The molecule has 6 heteroatoms. The largest absolute Gasteiger partial charge is 0.507 e. The Hall–Kier alpha value is -2.08. The van der Waals surface area contributed by atoms with Crippen LogP contribution in [0, 0.1) is 0 Å². The molecule has 0 saturated heterocycles. The predicted octanol–water partition coefficient (Wildman–Crippen LogP) is 2.88. The minimum atomic E-state index is -0.361. The number of ether oxygens (including phenoxy) is 1. The van der Waals surface area contributed by atoms with Crippen LogP contribution in [0.2, 0.25) is 0 Å². The fourth-order valence-electron chi connectivity index (χ4n) is 1.79. The molecule has 1 aromatic heterocycles. The lowest BCUT2D eigenvalue weighted by molar-refractivity contribution is 0.0948. The van der Waals surface area contributed by atoms with E-state index in [1.165, 1.54) is 6.07 Å². The zero-order valence-electron chi connectivity index (χ0n) is 11.5. The summed E-state index contributed by atoms with van der Waals surface area (Å²) in [4.78, 5) is 16.2. The summed E-state index contributed by atoms with van der Waals surface area (Å²) in [5.41, 5.74) is 0.994. The van der Waals surface area contributed by atoms with E-state index in [1.54, 1.807) is 24.4 Å². The lowest BCUT2D eigenvalue weighted by atomic mass is 10.2. The molecule has 110 valence electrons. The molecule has 1 heterocycles. The van der Waals surface area contributed by atoms with Gasteiger partial charge in [-0.15, -0.1) is 0 Å². The number of carbonyl (C=O) groups is 1. The molecule has 21 heavy (non-hydrogen) atoms. The van der Waals surface area contributed by atoms with Crippen LogP contribution in [-0.2, 0) is 6.54 Å². The number of nitrogens with zero attached hydrogens (tertiary/aromatic N) is 1. The third-order valence-corrected chi connectivity index (χ3v) is 3.27. The summed E-state index contributed by atoms with van der Waals surface area (Å²) in [5.74, 6) is 0.0748. The fraction of sp³-hybridized carbons (Fsp3) is 0.200. The highest BCUT2D eigenvalue weighted by molar-refractivity contribution is 9.10. The zero-order valence-corrected chi connectivity index (χ0v) is 13.1. The van der Waals surface area contributed by atoms with Crippen molar-refractivity contribution >= 4 is 21.8 Å². The summed E-state index contributed by atoms with van der Waals surface area (Å²) >= 11 is 3.27. The number of amides is 1. The normalized spacial score (nSPS) is 10.2. The average Bonchev–Trinajstić information content (AvgIpc) is 2.49. The molecule has 0 atom stereocenters. The monoisotopic (exact) mass is 350 g/mol. The smallest absolute Gasteiger partial charge is 0.255 e. The molecule has 1 amide bonds. The number of carbonyl (C=O) groups excluding carboxylic acids is 1. The van der Waals surface area contributed by atoms with Gasteiger partial charge in [0.2, 0.25) is 5.88 Å². The number of aromatic nitrogens is 1. The molecule has 0 aliphatic rings. The van der Waals surface area contributed by atoms with Crippen LogP contribution in [0.25, 0.3) is 0 Å². The number of aromatic hydroxyl groups is 1. The third-order valence-electron chi connectivity index (χ3n) is 2.77. The Morgan fingerprint density at radius 1 is 1.43 bits per heavy atom. The highest BCUT2D eigenvalue weighted by atomic mass is 79.9. The maximum absolute atomic E-state index is 12.1. The Bertz CT molecular complexity index is 647. The van der Waals surface area contributed by atoms with Gasteiger partial charge in [0.25, 0.3) is 5.91 Å². The predicted molar refractivity (Wildman–Crippen MR) is 82.4 cm³/mol. The number of phenolic OH excluding ortho intramolecular Hbond substituents is 1. The van der Waals surface area contributed by atoms with E-state index < -0.39 is 0 Å². The molecular formula is C15H15BrN2O3. The Kier molecular flexibility index (Phi) is 5.16. The van der Waals surface area contributed by atoms with Gasteiger partial charge < -0.3 is 15.2 Å². The Labute approximate surface area is 131 Å². The second-order valence-corrected chi connectivity index (χ2v) is 5.16. The van der Waals surface area contributed by atoms with Gasteiger partial charge in [0.05, 0.1) is 12.2 Å². The van der Waals surface area contributed by atoms with Crippen LogP contribution in [0.15, 0.2) is 41.0 Å². The molecule has 5 nitrogen and oxygen atoms in total. The van der Waals surface area contributed by atoms with Gasteiger partial charge in [0.15, 0.2) is 0 Å². The molecule has 0 radical (unpaired) electrons. The SMILES string of the molecule is CCOc1ncccc1CNC(=O)c1cc(Br)ccc1O. The molecule has 0 bridgehead atoms. The van der Waals surface area contributed by atoms with E-state index in [0.29, 0.717) is 12.5 Å². The molecule has 2 rings (SSSR count). The highest BCUT2D eigenvalue weighted by Crippen LogP contribution is 2.22. The number of pyridine rings is 1. The number of hydrogen-bond acceptors (Lipinski definition) is 4. The Balaban J connectivity index is 2.09. The van der Waals surface area contributed by atoms with Crippen LogP contribution >= 0.6 is 15.9 Å². The van der Waals surface area contributed by atoms with Crippen molar-refractivity contribution in [3.8, 4) is 11.6 Å². The highest BCUT2D eigenvalue weighted by Gasteiger charge is 2.12. The molecule has 0 aliphatic carbocycles. The molecule has 0 aliphatic heterocycles. The van der Waals surface area contributed by atoms with Crippen molar-refractivity contribution in [3.63, 3.8) is 0 Å². The standard InChI is InChI=1S/C15H15BrN2O3/c1-2-21-15-10(4-3-7-17-15)9-18-14(20)12-8-11(16)5-6-13(12)19/h3-8,19H,2,9H2,1H3,(H,18,20). The summed E-state index contributed by atoms with van der Waals surface area (Å²) in [6.45, 7) is 2.65. The zero-order chi connectivity index (χ0) is 15.2. The van der Waals surface area contributed by atoms with Crippen molar-refractivity contribution in [1.82, 2.24) is 10.3 Å². The summed E-state index contributed by atoms with van der Waals surface area (Å²) in [6.07, 6.45) is 1.64. The van der Waals surface area contributed by atoms with Gasteiger partial charge in [-0.1, -0.05) is 22.0 Å². The van der Waals surface area contributed by atoms with Crippen molar-refractivity contribution in [2.45, 2.75) is 13.5 Å². The van der Waals surface area contributed by atoms with E-state index in [9.17, 15) is 9.90 Å². The van der Waals surface area contributed by atoms with Gasteiger partial charge in [0.1, 0.15) is 5.75 Å². The van der Waals surface area contributed by atoms with Crippen LogP contribution in [0.4, 0.5) is 0 Å². The average molecular weight is 351 g/mol. The topological polar surface area (TPSA) is 71.5 Å². The fourth-order valence-corrected chi connectivity index (χ4v) is 2.15. The molecule has 0 saturated carbocycles. The van der Waals surface area contributed by atoms with E-state index >= 15 is 0 Å². The number of hydrogen-bond donors (Lipinski definition) is 2.